The lowest BCUT2D eigenvalue weighted by Crippen LogP contribution is -2.06. The van der Waals surface area contributed by atoms with Gasteiger partial charge in [-0.1, -0.05) is 10.4 Å². The van der Waals surface area contributed by atoms with Crippen molar-refractivity contribution in [2.24, 2.45) is 0 Å². The standard InChI is InChI=1S/C9H11ClN4O/c1-6-9(7(2)15-12-6)5-14-8(3-10)4-11-13-14/h4H,3,5H2,1-2H3. The van der Waals surface area contributed by atoms with Crippen LogP contribution in [0, 0.1) is 13.8 Å². The number of rotatable bonds is 3. The predicted octanol–water partition coefficient (Wildman–Crippen LogP) is 1.67. The van der Waals surface area contributed by atoms with E-state index in [1.807, 2.05) is 13.8 Å². The second kappa shape index (κ2) is 4.02. The summed E-state index contributed by atoms with van der Waals surface area (Å²) in [6.07, 6.45) is 1.66. The van der Waals surface area contributed by atoms with E-state index in [4.69, 9.17) is 16.1 Å². The van der Waals surface area contributed by atoms with Crippen LogP contribution in [0.2, 0.25) is 0 Å². The van der Waals surface area contributed by atoms with E-state index in [-0.39, 0.29) is 0 Å². The number of aromatic nitrogens is 4. The maximum absolute atomic E-state index is 5.75. The average molecular weight is 227 g/mol. The topological polar surface area (TPSA) is 56.7 Å². The van der Waals surface area contributed by atoms with Gasteiger partial charge in [-0.25, -0.2) is 4.68 Å². The van der Waals surface area contributed by atoms with Crippen molar-refractivity contribution in [2.75, 3.05) is 0 Å². The zero-order chi connectivity index (χ0) is 10.8. The molecule has 0 aliphatic rings. The van der Waals surface area contributed by atoms with Gasteiger partial charge in [-0.2, -0.15) is 0 Å². The molecule has 0 bridgehead atoms. The van der Waals surface area contributed by atoms with Gasteiger partial charge in [0.05, 0.1) is 30.0 Å². The summed E-state index contributed by atoms with van der Waals surface area (Å²) in [5.41, 5.74) is 2.80. The Morgan fingerprint density at radius 1 is 1.47 bits per heavy atom. The Morgan fingerprint density at radius 3 is 2.87 bits per heavy atom. The second-order valence-electron chi connectivity index (χ2n) is 3.32. The highest BCUT2D eigenvalue weighted by Gasteiger charge is 2.11. The molecule has 0 fully saturated rings. The van der Waals surface area contributed by atoms with Crippen molar-refractivity contribution in [2.45, 2.75) is 26.3 Å². The van der Waals surface area contributed by atoms with Crippen molar-refractivity contribution < 1.29 is 4.52 Å². The van der Waals surface area contributed by atoms with Gasteiger partial charge in [-0.3, -0.25) is 0 Å². The van der Waals surface area contributed by atoms with Gasteiger partial charge >= 0.3 is 0 Å². The quantitative estimate of drug-likeness (QED) is 0.747. The van der Waals surface area contributed by atoms with Crippen molar-refractivity contribution in [3.63, 3.8) is 0 Å². The molecule has 15 heavy (non-hydrogen) atoms. The highest BCUT2D eigenvalue weighted by molar-refractivity contribution is 6.16. The SMILES string of the molecule is Cc1noc(C)c1Cn1nncc1CCl. The first-order valence-electron chi connectivity index (χ1n) is 4.57. The number of alkyl halides is 1. The maximum atomic E-state index is 5.75. The van der Waals surface area contributed by atoms with Gasteiger partial charge in [0.1, 0.15) is 5.76 Å². The highest BCUT2D eigenvalue weighted by atomic mass is 35.5. The van der Waals surface area contributed by atoms with Crippen molar-refractivity contribution in [3.8, 4) is 0 Å². The summed E-state index contributed by atoms with van der Waals surface area (Å²) >= 11 is 5.75. The molecule has 0 aliphatic heterocycles. The fourth-order valence-corrected chi connectivity index (χ4v) is 1.60. The summed E-state index contributed by atoms with van der Waals surface area (Å²) in [5.74, 6) is 1.21. The number of nitrogens with zero attached hydrogens (tertiary/aromatic N) is 4. The van der Waals surface area contributed by atoms with E-state index < -0.39 is 0 Å². The molecule has 0 aromatic carbocycles. The van der Waals surface area contributed by atoms with Crippen LogP contribution in [0.25, 0.3) is 0 Å². The lowest BCUT2D eigenvalue weighted by molar-refractivity contribution is 0.391. The number of hydrogen-bond acceptors (Lipinski definition) is 4. The molecular formula is C9H11ClN4O. The summed E-state index contributed by atoms with van der Waals surface area (Å²) in [6, 6.07) is 0. The highest BCUT2D eigenvalue weighted by Crippen LogP contribution is 2.14. The smallest absolute Gasteiger partial charge is 0.138 e. The predicted molar refractivity (Wildman–Crippen MR) is 54.7 cm³/mol. The normalized spacial score (nSPS) is 10.9. The number of halogens is 1. The molecule has 2 heterocycles. The lowest BCUT2D eigenvalue weighted by Gasteiger charge is -2.02. The molecule has 0 saturated heterocycles. The Bertz CT molecular complexity index is 443. The molecule has 0 amide bonds. The van der Waals surface area contributed by atoms with Crippen molar-refractivity contribution in [1.82, 2.24) is 20.2 Å². The molecule has 5 nitrogen and oxygen atoms in total. The monoisotopic (exact) mass is 226 g/mol. The second-order valence-corrected chi connectivity index (χ2v) is 3.59. The Hall–Kier alpha value is -1.36. The fraction of sp³-hybridized carbons (Fsp3) is 0.444. The minimum absolute atomic E-state index is 0.399. The van der Waals surface area contributed by atoms with Gasteiger partial charge in [0.15, 0.2) is 0 Å². The summed E-state index contributed by atoms with van der Waals surface area (Å²) in [7, 11) is 0. The zero-order valence-corrected chi connectivity index (χ0v) is 9.32. The molecule has 0 atom stereocenters. The van der Waals surface area contributed by atoms with Gasteiger partial charge in [0.2, 0.25) is 0 Å². The van der Waals surface area contributed by atoms with E-state index in [2.05, 4.69) is 15.5 Å². The Kier molecular flexibility index (Phi) is 2.73. The molecule has 0 radical (unpaired) electrons. The third-order valence-corrected chi connectivity index (χ3v) is 2.60. The Labute approximate surface area is 92.0 Å². The third kappa shape index (κ3) is 1.87. The van der Waals surface area contributed by atoms with Crippen LogP contribution >= 0.6 is 11.6 Å². The van der Waals surface area contributed by atoms with Crippen LogP contribution in [-0.4, -0.2) is 20.2 Å². The number of aryl methyl sites for hydroxylation is 2. The molecule has 2 aromatic heterocycles. The van der Waals surface area contributed by atoms with E-state index in [1.54, 1.807) is 10.9 Å². The fourth-order valence-electron chi connectivity index (χ4n) is 1.39. The van der Waals surface area contributed by atoms with Crippen LogP contribution in [0.4, 0.5) is 0 Å². The van der Waals surface area contributed by atoms with Crippen LogP contribution in [0.3, 0.4) is 0 Å². The molecular weight excluding hydrogens is 216 g/mol. The minimum atomic E-state index is 0.399. The van der Waals surface area contributed by atoms with Gasteiger partial charge in [0.25, 0.3) is 0 Å². The van der Waals surface area contributed by atoms with E-state index in [0.29, 0.717) is 12.4 Å². The van der Waals surface area contributed by atoms with Gasteiger partial charge in [0, 0.05) is 5.56 Å². The summed E-state index contributed by atoms with van der Waals surface area (Å²) < 4.78 is 6.82. The third-order valence-electron chi connectivity index (χ3n) is 2.32. The largest absolute Gasteiger partial charge is 0.361 e. The van der Waals surface area contributed by atoms with Gasteiger partial charge in [-0.05, 0) is 13.8 Å². The van der Waals surface area contributed by atoms with Crippen LogP contribution in [0.1, 0.15) is 22.7 Å². The molecule has 0 spiro atoms. The minimum Gasteiger partial charge on any atom is -0.361 e. The van der Waals surface area contributed by atoms with Gasteiger partial charge in [-0.15, -0.1) is 16.7 Å². The Morgan fingerprint density at radius 2 is 2.27 bits per heavy atom. The first-order chi connectivity index (χ1) is 7.22. The zero-order valence-electron chi connectivity index (χ0n) is 8.57. The average Bonchev–Trinajstić information content (AvgIpc) is 2.79. The van der Waals surface area contributed by atoms with Crippen LogP contribution in [0.15, 0.2) is 10.7 Å². The maximum Gasteiger partial charge on any atom is 0.138 e. The van der Waals surface area contributed by atoms with E-state index in [1.165, 1.54) is 0 Å². The molecule has 6 heteroatoms. The molecule has 2 aromatic rings. The summed E-state index contributed by atoms with van der Waals surface area (Å²) in [5, 5.41) is 11.6. The molecule has 0 unspecified atom stereocenters. The Balaban J connectivity index is 2.29. The lowest BCUT2D eigenvalue weighted by atomic mass is 10.2. The van der Waals surface area contributed by atoms with Crippen LogP contribution in [0.5, 0.6) is 0 Å². The summed E-state index contributed by atoms with van der Waals surface area (Å²) in [6.45, 7) is 4.39. The van der Waals surface area contributed by atoms with E-state index >= 15 is 0 Å². The van der Waals surface area contributed by atoms with Crippen molar-refractivity contribution in [3.05, 3.63) is 28.9 Å². The van der Waals surface area contributed by atoms with Crippen molar-refractivity contribution in [1.29, 1.82) is 0 Å². The van der Waals surface area contributed by atoms with Crippen LogP contribution in [-0.2, 0) is 12.4 Å². The molecule has 2 rings (SSSR count). The van der Waals surface area contributed by atoms with Gasteiger partial charge < -0.3 is 4.52 Å². The molecule has 0 aliphatic carbocycles. The number of hydrogen-bond donors (Lipinski definition) is 0. The van der Waals surface area contributed by atoms with Crippen molar-refractivity contribution >= 4 is 11.6 Å². The van der Waals surface area contributed by atoms with E-state index in [9.17, 15) is 0 Å². The van der Waals surface area contributed by atoms with E-state index in [0.717, 1.165) is 22.7 Å². The molecule has 0 saturated carbocycles. The summed E-state index contributed by atoms with van der Waals surface area (Å²) in [4.78, 5) is 0. The molecule has 80 valence electrons. The first-order valence-corrected chi connectivity index (χ1v) is 5.11. The van der Waals surface area contributed by atoms with Crippen LogP contribution < -0.4 is 0 Å². The molecule has 0 N–H and O–H groups in total. The first kappa shape index (κ1) is 10.2.